The average molecular weight is 239 g/mol. The molecule has 1 N–H and O–H groups in total. The quantitative estimate of drug-likeness (QED) is 0.843. The summed E-state index contributed by atoms with van der Waals surface area (Å²) in [5.74, 6) is 0. The summed E-state index contributed by atoms with van der Waals surface area (Å²) in [4.78, 5) is 0. The van der Waals surface area contributed by atoms with E-state index in [2.05, 4.69) is 5.32 Å². The van der Waals surface area contributed by atoms with Crippen molar-refractivity contribution in [2.24, 2.45) is 0 Å². The van der Waals surface area contributed by atoms with E-state index in [4.69, 9.17) is 0 Å². The van der Waals surface area contributed by atoms with Crippen molar-refractivity contribution in [3.05, 3.63) is 48.0 Å². The van der Waals surface area contributed by atoms with Gasteiger partial charge in [0.15, 0.2) is 0 Å². The molecule has 0 aliphatic heterocycles. The third-order valence-corrected chi connectivity index (χ3v) is 2.75. The van der Waals surface area contributed by atoms with Crippen molar-refractivity contribution in [2.45, 2.75) is 12.2 Å². The normalized spacial score (nSPS) is 13.9. The number of halogens is 3. The van der Waals surface area contributed by atoms with Gasteiger partial charge >= 0.3 is 6.18 Å². The van der Waals surface area contributed by atoms with Crippen molar-refractivity contribution in [1.82, 2.24) is 5.32 Å². The predicted octanol–water partition coefficient (Wildman–Crippen LogP) is 3.66. The molecule has 1 unspecified atom stereocenters. The van der Waals surface area contributed by atoms with Crippen LogP contribution in [-0.4, -0.2) is 13.2 Å². The van der Waals surface area contributed by atoms with Gasteiger partial charge in [0.2, 0.25) is 0 Å². The Kier molecular flexibility index (Phi) is 3.07. The fraction of sp³-hybridized carbons (Fsp3) is 0.231. The van der Waals surface area contributed by atoms with Gasteiger partial charge in [0.05, 0.1) is 0 Å². The van der Waals surface area contributed by atoms with Crippen LogP contribution in [0.25, 0.3) is 10.8 Å². The van der Waals surface area contributed by atoms with Gasteiger partial charge in [-0.05, 0) is 23.4 Å². The zero-order valence-electron chi connectivity index (χ0n) is 9.25. The van der Waals surface area contributed by atoms with E-state index in [9.17, 15) is 13.2 Å². The second-order valence-corrected chi connectivity index (χ2v) is 3.83. The maximum Gasteiger partial charge on any atom is 0.407 e. The van der Waals surface area contributed by atoms with Crippen LogP contribution in [0.3, 0.4) is 0 Å². The van der Waals surface area contributed by atoms with Crippen LogP contribution in [-0.2, 0) is 0 Å². The van der Waals surface area contributed by atoms with Gasteiger partial charge in [-0.15, -0.1) is 0 Å². The molecule has 0 amide bonds. The summed E-state index contributed by atoms with van der Waals surface area (Å²) in [7, 11) is 1.32. The molecule has 0 fully saturated rings. The molecule has 0 aliphatic rings. The molecule has 0 saturated heterocycles. The SMILES string of the molecule is CNC(c1cccc2ccccc12)C(F)(F)F. The first kappa shape index (κ1) is 11.9. The van der Waals surface area contributed by atoms with Crippen LogP contribution >= 0.6 is 0 Å². The molecule has 90 valence electrons. The first-order chi connectivity index (χ1) is 8.04. The summed E-state index contributed by atoms with van der Waals surface area (Å²) < 4.78 is 38.6. The van der Waals surface area contributed by atoms with Gasteiger partial charge < -0.3 is 5.32 Å². The van der Waals surface area contributed by atoms with Gasteiger partial charge in [-0.3, -0.25) is 0 Å². The Balaban J connectivity index is 2.62. The molecular formula is C13H12F3N. The molecule has 0 bridgehead atoms. The lowest BCUT2D eigenvalue weighted by atomic mass is 9.98. The molecule has 0 radical (unpaired) electrons. The number of alkyl halides is 3. The van der Waals surface area contributed by atoms with Gasteiger partial charge in [0.25, 0.3) is 0 Å². The van der Waals surface area contributed by atoms with Crippen molar-refractivity contribution < 1.29 is 13.2 Å². The molecule has 0 aromatic heterocycles. The number of nitrogens with one attached hydrogen (secondary N) is 1. The molecule has 4 heteroatoms. The van der Waals surface area contributed by atoms with Crippen LogP contribution in [0.15, 0.2) is 42.5 Å². The highest BCUT2D eigenvalue weighted by Crippen LogP contribution is 2.35. The molecule has 0 aliphatic carbocycles. The van der Waals surface area contributed by atoms with E-state index in [1.165, 1.54) is 13.1 Å². The summed E-state index contributed by atoms with van der Waals surface area (Å²) in [6.07, 6.45) is -4.29. The number of hydrogen-bond donors (Lipinski definition) is 1. The second-order valence-electron chi connectivity index (χ2n) is 3.83. The van der Waals surface area contributed by atoms with E-state index in [0.29, 0.717) is 5.39 Å². The molecule has 0 saturated carbocycles. The van der Waals surface area contributed by atoms with Gasteiger partial charge in [-0.2, -0.15) is 13.2 Å². The Morgan fingerprint density at radius 1 is 1.00 bits per heavy atom. The minimum atomic E-state index is -4.29. The van der Waals surface area contributed by atoms with E-state index < -0.39 is 12.2 Å². The lowest BCUT2D eigenvalue weighted by molar-refractivity contribution is -0.156. The van der Waals surface area contributed by atoms with E-state index in [1.807, 2.05) is 18.2 Å². The Morgan fingerprint density at radius 3 is 2.29 bits per heavy atom. The highest BCUT2D eigenvalue weighted by Gasteiger charge is 2.40. The predicted molar refractivity (Wildman–Crippen MR) is 61.8 cm³/mol. The third-order valence-electron chi connectivity index (χ3n) is 2.75. The monoisotopic (exact) mass is 239 g/mol. The van der Waals surface area contributed by atoms with E-state index in [0.717, 1.165) is 5.39 Å². The van der Waals surface area contributed by atoms with E-state index in [1.54, 1.807) is 18.2 Å². The summed E-state index contributed by atoms with van der Waals surface area (Å²) in [5.41, 5.74) is 0.262. The van der Waals surface area contributed by atoms with Gasteiger partial charge in [-0.25, -0.2) is 0 Å². The number of benzene rings is 2. The van der Waals surface area contributed by atoms with Gasteiger partial charge in [0.1, 0.15) is 6.04 Å². The molecule has 2 aromatic carbocycles. The van der Waals surface area contributed by atoms with Crippen LogP contribution in [0.5, 0.6) is 0 Å². The fourth-order valence-electron chi connectivity index (χ4n) is 2.00. The minimum absolute atomic E-state index is 0.262. The standard InChI is InChI=1S/C13H12F3N/c1-17-12(13(14,15)16)11-8-4-6-9-5-2-3-7-10(9)11/h2-8,12,17H,1H3. The molecule has 2 rings (SSSR count). The molecular weight excluding hydrogens is 227 g/mol. The first-order valence-electron chi connectivity index (χ1n) is 5.25. The maximum absolute atomic E-state index is 12.9. The molecule has 0 spiro atoms. The Labute approximate surface area is 97.3 Å². The van der Waals surface area contributed by atoms with Crippen molar-refractivity contribution in [3.63, 3.8) is 0 Å². The Morgan fingerprint density at radius 2 is 1.65 bits per heavy atom. The van der Waals surface area contributed by atoms with Crippen molar-refractivity contribution >= 4 is 10.8 Å². The minimum Gasteiger partial charge on any atom is -0.306 e. The average Bonchev–Trinajstić information content (AvgIpc) is 2.28. The second kappa shape index (κ2) is 4.37. The lowest BCUT2D eigenvalue weighted by Crippen LogP contribution is -2.31. The number of hydrogen-bond acceptors (Lipinski definition) is 1. The Bertz CT molecular complexity index is 514. The fourth-order valence-corrected chi connectivity index (χ4v) is 2.00. The molecule has 0 heterocycles. The molecule has 1 nitrogen and oxygen atoms in total. The number of fused-ring (bicyclic) bond motifs is 1. The molecule has 17 heavy (non-hydrogen) atoms. The van der Waals surface area contributed by atoms with Crippen LogP contribution < -0.4 is 5.32 Å². The van der Waals surface area contributed by atoms with Gasteiger partial charge in [0, 0.05) is 0 Å². The summed E-state index contributed by atoms with van der Waals surface area (Å²) in [6.45, 7) is 0. The van der Waals surface area contributed by atoms with Crippen LogP contribution in [0.1, 0.15) is 11.6 Å². The van der Waals surface area contributed by atoms with Crippen molar-refractivity contribution in [3.8, 4) is 0 Å². The van der Waals surface area contributed by atoms with E-state index in [-0.39, 0.29) is 5.56 Å². The lowest BCUT2D eigenvalue weighted by Gasteiger charge is -2.21. The highest BCUT2D eigenvalue weighted by molar-refractivity contribution is 5.86. The molecule has 1 atom stereocenters. The third kappa shape index (κ3) is 2.26. The molecule has 2 aromatic rings. The van der Waals surface area contributed by atoms with E-state index >= 15 is 0 Å². The number of rotatable bonds is 2. The topological polar surface area (TPSA) is 12.0 Å². The maximum atomic E-state index is 12.9. The van der Waals surface area contributed by atoms with Crippen LogP contribution in [0.4, 0.5) is 13.2 Å². The largest absolute Gasteiger partial charge is 0.407 e. The van der Waals surface area contributed by atoms with Crippen molar-refractivity contribution in [2.75, 3.05) is 7.05 Å². The van der Waals surface area contributed by atoms with Crippen molar-refractivity contribution in [1.29, 1.82) is 0 Å². The zero-order valence-corrected chi connectivity index (χ0v) is 9.25. The van der Waals surface area contributed by atoms with Crippen LogP contribution in [0.2, 0.25) is 0 Å². The smallest absolute Gasteiger partial charge is 0.306 e. The Hall–Kier alpha value is -1.55. The summed E-state index contributed by atoms with van der Waals surface area (Å²) >= 11 is 0. The van der Waals surface area contributed by atoms with Crippen LogP contribution in [0, 0.1) is 0 Å². The summed E-state index contributed by atoms with van der Waals surface area (Å²) in [5, 5.41) is 3.77. The summed E-state index contributed by atoms with van der Waals surface area (Å²) in [6, 6.07) is 10.4. The van der Waals surface area contributed by atoms with Gasteiger partial charge in [-0.1, -0.05) is 42.5 Å². The first-order valence-corrected chi connectivity index (χ1v) is 5.25. The zero-order chi connectivity index (χ0) is 12.5. The highest BCUT2D eigenvalue weighted by atomic mass is 19.4.